The standard InChI is InChI=1S/C14H23N3O3S/c1-10-9-11(5-6-12(10)17-21(4,19)20)16-13(18)7-8-14(2,3)15/h5-6,9,17H,7-8,15H2,1-4H3,(H,16,18). The number of rotatable bonds is 6. The Balaban J connectivity index is 2.70. The second kappa shape index (κ2) is 6.44. The minimum atomic E-state index is -3.31. The molecule has 0 bridgehead atoms. The number of aryl methyl sites for hydroxylation is 1. The van der Waals surface area contributed by atoms with Gasteiger partial charge in [-0.1, -0.05) is 0 Å². The van der Waals surface area contributed by atoms with Gasteiger partial charge in [-0.2, -0.15) is 0 Å². The summed E-state index contributed by atoms with van der Waals surface area (Å²) in [4.78, 5) is 11.8. The third-order valence-corrected chi connectivity index (χ3v) is 3.39. The fraction of sp³-hybridized carbons (Fsp3) is 0.500. The topological polar surface area (TPSA) is 101 Å². The van der Waals surface area contributed by atoms with Crippen molar-refractivity contribution in [3.05, 3.63) is 23.8 Å². The average molecular weight is 313 g/mol. The SMILES string of the molecule is Cc1cc(NC(=O)CCC(C)(C)N)ccc1NS(C)(=O)=O. The summed E-state index contributed by atoms with van der Waals surface area (Å²) in [5.74, 6) is -0.114. The number of anilines is 2. The van der Waals surface area contributed by atoms with Gasteiger partial charge in [0, 0.05) is 17.6 Å². The van der Waals surface area contributed by atoms with E-state index in [9.17, 15) is 13.2 Å². The zero-order valence-electron chi connectivity index (χ0n) is 12.9. The van der Waals surface area contributed by atoms with Crippen molar-refractivity contribution in [2.75, 3.05) is 16.3 Å². The predicted octanol–water partition coefficient (Wildman–Crippen LogP) is 1.82. The molecule has 1 amide bonds. The minimum absolute atomic E-state index is 0.114. The maximum Gasteiger partial charge on any atom is 0.229 e. The normalized spacial score (nSPS) is 12.0. The first-order valence-electron chi connectivity index (χ1n) is 6.63. The molecule has 4 N–H and O–H groups in total. The maximum absolute atomic E-state index is 11.8. The van der Waals surface area contributed by atoms with Crippen LogP contribution < -0.4 is 15.8 Å². The Morgan fingerprint density at radius 1 is 1.33 bits per heavy atom. The zero-order chi connectivity index (χ0) is 16.3. The summed E-state index contributed by atoms with van der Waals surface area (Å²) in [6.07, 6.45) is 2.02. The van der Waals surface area contributed by atoms with E-state index in [0.29, 0.717) is 24.2 Å². The minimum Gasteiger partial charge on any atom is -0.326 e. The van der Waals surface area contributed by atoms with E-state index >= 15 is 0 Å². The number of benzene rings is 1. The number of nitrogens with one attached hydrogen (secondary N) is 2. The third-order valence-electron chi connectivity index (χ3n) is 2.80. The number of carbonyl (C=O) groups is 1. The predicted molar refractivity (Wildman–Crippen MR) is 85.8 cm³/mol. The molecule has 0 atom stereocenters. The van der Waals surface area contributed by atoms with Gasteiger partial charge >= 0.3 is 0 Å². The van der Waals surface area contributed by atoms with Crippen molar-refractivity contribution in [3.63, 3.8) is 0 Å². The van der Waals surface area contributed by atoms with Gasteiger partial charge in [0.15, 0.2) is 0 Å². The summed E-state index contributed by atoms with van der Waals surface area (Å²) in [5, 5.41) is 2.77. The van der Waals surface area contributed by atoms with E-state index in [2.05, 4.69) is 10.0 Å². The quantitative estimate of drug-likeness (QED) is 0.745. The molecule has 0 aliphatic carbocycles. The molecule has 0 radical (unpaired) electrons. The third kappa shape index (κ3) is 7.10. The number of carbonyl (C=O) groups excluding carboxylic acids is 1. The first kappa shape index (κ1) is 17.5. The van der Waals surface area contributed by atoms with E-state index in [1.807, 2.05) is 13.8 Å². The number of nitrogens with two attached hydrogens (primary N) is 1. The molecular weight excluding hydrogens is 290 g/mol. The van der Waals surface area contributed by atoms with Gasteiger partial charge in [0.25, 0.3) is 0 Å². The number of hydrogen-bond acceptors (Lipinski definition) is 4. The van der Waals surface area contributed by atoms with Crippen molar-refractivity contribution in [2.24, 2.45) is 5.73 Å². The van der Waals surface area contributed by atoms with E-state index in [-0.39, 0.29) is 11.4 Å². The van der Waals surface area contributed by atoms with Gasteiger partial charge in [-0.15, -0.1) is 0 Å². The van der Waals surface area contributed by atoms with Crippen molar-refractivity contribution in [3.8, 4) is 0 Å². The van der Waals surface area contributed by atoms with Crippen molar-refractivity contribution < 1.29 is 13.2 Å². The van der Waals surface area contributed by atoms with Crippen LogP contribution in [0, 0.1) is 6.92 Å². The summed E-state index contributed by atoms with van der Waals surface area (Å²) in [7, 11) is -3.31. The molecule has 21 heavy (non-hydrogen) atoms. The largest absolute Gasteiger partial charge is 0.326 e. The second-order valence-corrected chi connectivity index (χ2v) is 7.69. The molecule has 0 saturated carbocycles. The van der Waals surface area contributed by atoms with Crippen molar-refractivity contribution >= 4 is 27.3 Å². The van der Waals surface area contributed by atoms with Crippen LogP contribution in [0.25, 0.3) is 0 Å². The molecule has 118 valence electrons. The molecule has 0 unspecified atom stereocenters. The highest BCUT2D eigenvalue weighted by Gasteiger charge is 2.13. The Bertz CT molecular complexity index is 619. The van der Waals surface area contributed by atoms with Crippen molar-refractivity contribution in [2.45, 2.75) is 39.2 Å². The maximum atomic E-state index is 11.8. The Morgan fingerprint density at radius 3 is 2.43 bits per heavy atom. The van der Waals surface area contributed by atoms with Crippen LogP contribution in [0.4, 0.5) is 11.4 Å². The van der Waals surface area contributed by atoms with Crippen LogP contribution in [0.1, 0.15) is 32.3 Å². The molecule has 7 heteroatoms. The van der Waals surface area contributed by atoms with Gasteiger partial charge in [-0.25, -0.2) is 8.42 Å². The van der Waals surface area contributed by atoms with Crippen LogP contribution in [-0.4, -0.2) is 26.1 Å². The van der Waals surface area contributed by atoms with Crippen LogP contribution in [-0.2, 0) is 14.8 Å². The summed E-state index contributed by atoms with van der Waals surface area (Å²) < 4.78 is 24.8. The summed E-state index contributed by atoms with van der Waals surface area (Å²) in [6, 6.07) is 5.00. The molecule has 1 aromatic carbocycles. The van der Waals surface area contributed by atoms with Crippen LogP contribution in [0.3, 0.4) is 0 Å². The van der Waals surface area contributed by atoms with Crippen molar-refractivity contribution in [1.29, 1.82) is 0 Å². The number of hydrogen-bond donors (Lipinski definition) is 3. The van der Waals surface area contributed by atoms with E-state index < -0.39 is 10.0 Å². The summed E-state index contributed by atoms with van der Waals surface area (Å²) >= 11 is 0. The van der Waals surface area contributed by atoms with Crippen molar-refractivity contribution in [1.82, 2.24) is 0 Å². The molecule has 0 aliphatic rings. The Hall–Kier alpha value is -1.60. The number of amides is 1. The second-order valence-electron chi connectivity index (χ2n) is 5.94. The highest BCUT2D eigenvalue weighted by Crippen LogP contribution is 2.21. The lowest BCUT2D eigenvalue weighted by Gasteiger charge is -2.17. The van der Waals surface area contributed by atoms with Crippen LogP contribution in [0.5, 0.6) is 0 Å². The van der Waals surface area contributed by atoms with Gasteiger partial charge in [0.05, 0.1) is 11.9 Å². The van der Waals surface area contributed by atoms with Crippen LogP contribution in [0.15, 0.2) is 18.2 Å². The molecule has 0 heterocycles. The van der Waals surface area contributed by atoms with E-state index in [1.165, 1.54) is 0 Å². The van der Waals surface area contributed by atoms with Crippen LogP contribution in [0.2, 0.25) is 0 Å². The van der Waals surface area contributed by atoms with E-state index in [1.54, 1.807) is 25.1 Å². The molecule has 6 nitrogen and oxygen atoms in total. The smallest absolute Gasteiger partial charge is 0.229 e. The van der Waals surface area contributed by atoms with Crippen LogP contribution >= 0.6 is 0 Å². The zero-order valence-corrected chi connectivity index (χ0v) is 13.7. The molecule has 1 rings (SSSR count). The first-order chi connectivity index (χ1) is 9.46. The van der Waals surface area contributed by atoms with Gasteiger partial charge < -0.3 is 11.1 Å². The highest BCUT2D eigenvalue weighted by molar-refractivity contribution is 7.92. The Kier molecular flexibility index (Phi) is 5.36. The molecule has 1 aromatic rings. The van der Waals surface area contributed by atoms with E-state index in [0.717, 1.165) is 11.8 Å². The fourth-order valence-electron chi connectivity index (χ4n) is 1.71. The Labute approximate surface area is 126 Å². The lowest BCUT2D eigenvalue weighted by molar-refractivity contribution is -0.116. The van der Waals surface area contributed by atoms with Gasteiger partial charge in [0.1, 0.15) is 0 Å². The van der Waals surface area contributed by atoms with Gasteiger partial charge in [-0.3, -0.25) is 9.52 Å². The first-order valence-corrected chi connectivity index (χ1v) is 8.53. The molecule has 0 spiro atoms. The highest BCUT2D eigenvalue weighted by atomic mass is 32.2. The fourth-order valence-corrected chi connectivity index (χ4v) is 2.34. The molecule has 0 fully saturated rings. The van der Waals surface area contributed by atoms with Gasteiger partial charge in [0.2, 0.25) is 15.9 Å². The summed E-state index contributed by atoms with van der Waals surface area (Å²) in [5.41, 5.74) is 7.32. The Morgan fingerprint density at radius 2 is 1.95 bits per heavy atom. The summed E-state index contributed by atoms with van der Waals surface area (Å²) in [6.45, 7) is 5.51. The van der Waals surface area contributed by atoms with E-state index in [4.69, 9.17) is 5.73 Å². The molecule has 0 aromatic heterocycles. The molecular formula is C14H23N3O3S. The molecule has 0 aliphatic heterocycles. The monoisotopic (exact) mass is 313 g/mol. The molecule has 0 saturated heterocycles. The van der Waals surface area contributed by atoms with Gasteiger partial charge in [-0.05, 0) is 51.0 Å². The average Bonchev–Trinajstić information content (AvgIpc) is 2.28. The number of sulfonamides is 1. The lowest BCUT2D eigenvalue weighted by atomic mass is 10.00. The lowest BCUT2D eigenvalue weighted by Crippen LogP contribution is -2.33.